The molecule has 0 spiro atoms. The zero-order valence-electron chi connectivity index (χ0n) is 8.11. The van der Waals surface area contributed by atoms with Crippen LogP contribution in [0.15, 0.2) is 12.1 Å². The van der Waals surface area contributed by atoms with Gasteiger partial charge in [-0.1, -0.05) is 27.8 Å². The van der Waals surface area contributed by atoms with Crippen LogP contribution in [0.5, 0.6) is 5.75 Å². The molecule has 80 valence electrons. The Bertz CT molecular complexity index is 384. The maximum absolute atomic E-state index is 13.2. The van der Waals surface area contributed by atoms with Crippen molar-refractivity contribution in [2.45, 2.75) is 6.42 Å². The van der Waals surface area contributed by atoms with Gasteiger partial charge in [0, 0.05) is 17.3 Å². The first-order valence-electron chi connectivity index (χ1n) is 4.27. The molecule has 0 radical (unpaired) electrons. The van der Waals surface area contributed by atoms with E-state index in [0.29, 0.717) is 12.0 Å². The highest BCUT2D eigenvalue weighted by Crippen LogP contribution is 2.22. The number of rotatable bonds is 2. The summed E-state index contributed by atoms with van der Waals surface area (Å²) in [6.07, 6.45) is 0.634. The molecule has 1 nitrogen and oxygen atoms in total. The summed E-state index contributed by atoms with van der Waals surface area (Å²) in [5, 5.41) is 0.737. The van der Waals surface area contributed by atoms with Gasteiger partial charge >= 0.3 is 0 Å². The van der Waals surface area contributed by atoms with Gasteiger partial charge in [-0.05, 0) is 12.1 Å². The highest BCUT2D eigenvalue weighted by Gasteiger charge is 2.10. The van der Waals surface area contributed by atoms with Crippen LogP contribution < -0.4 is 4.74 Å². The smallest absolute Gasteiger partial charge is 0.190 e. The summed E-state index contributed by atoms with van der Waals surface area (Å²) >= 11 is 3.20. The van der Waals surface area contributed by atoms with Crippen molar-refractivity contribution in [2.75, 3.05) is 12.4 Å². The lowest BCUT2D eigenvalue weighted by Gasteiger charge is -2.03. The molecule has 1 aromatic carbocycles. The molecule has 0 aliphatic heterocycles. The zero-order chi connectivity index (χ0) is 11.3. The van der Waals surface area contributed by atoms with E-state index in [0.717, 1.165) is 17.5 Å². The molecule has 0 aromatic heterocycles. The van der Waals surface area contributed by atoms with Crippen molar-refractivity contribution in [3.05, 3.63) is 29.3 Å². The van der Waals surface area contributed by atoms with E-state index in [-0.39, 0.29) is 5.75 Å². The van der Waals surface area contributed by atoms with Crippen LogP contribution in [-0.4, -0.2) is 12.4 Å². The molecular formula is C11H9BrF2O. The molecule has 0 saturated carbocycles. The van der Waals surface area contributed by atoms with Crippen LogP contribution in [0, 0.1) is 23.5 Å². The number of hydrogen-bond acceptors (Lipinski definition) is 1. The number of methoxy groups -OCH3 is 1. The molecule has 1 rings (SSSR count). The summed E-state index contributed by atoms with van der Waals surface area (Å²) in [5.74, 6) is 3.59. The number of alkyl halides is 1. The van der Waals surface area contributed by atoms with E-state index < -0.39 is 11.6 Å². The number of halogens is 3. The number of ether oxygens (including phenoxy) is 1. The van der Waals surface area contributed by atoms with Crippen molar-refractivity contribution in [3.63, 3.8) is 0 Å². The molecule has 0 bridgehead atoms. The molecule has 0 aliphatic rings. The second-order valence-electron chi connectivity index (χ2n) is 2.71. The monoisotopic (exact) mass is 274 g/mol. The van der Waals surface area contributed by atoms with Gasteiger partial charge in [0.2, 0.25) is 0 Å². The number of benzene rings is 1. The second kappa shape index (κ2) is 5.72. The SMILES string of the molecule is COc1c(F)cc(C#CCCBr)cc1F. The maximum Gasteiger partial charge on any atom is 0.190 e. The average molecular weight is 275 g/mol. The van der Waals surface area contributed by atoms with Gasteiger partial charge < -0.3 is 4.74 Å². The maximum atomic E-state index is 13.2. The summed E-state index contributed by atoms with van der Waals surface area (Å²) in [5.41, 5.74) is 0.312. The molecule has 0 unspecified atom stereocenters. The van der Waals surface area contributed by atoms with Gasteiger partial charge in [-0.25, -0.2) is 8.78 Å². The molecule has 1 aromatic rings. The third-order valence-electron chi connectivity index (χ3n) is 1.65. The molecule has 4 heteroatoms. The first-order chi connectivity index (χ1) is 7.19. The fourth-order valence-electron chi connectivity index (χ4n) is 1.04. The number of hydrogen-bond donors (Lipinski definition) is 0. The molecule has 0 saturated heterocycles. The first-order valence-corrected chi connectivity index (χ1v) is 5.39. The van der Waals surface area contributed by atoms with E-state index in [9.17, 15) is 8.78 Å². The van der Waals surface area contributed by atoms with Crippen LogP contribution in [0.3, 0.4) is 0 Å². The van der Waals surface area contributed by atoms with Crippen molar-refractivity contribution in [2.24, 2.45) is 0 Å². The molecule has 15 heavy (non-hydrogen) atoms. The van der Waals surface area contributed by atoms with Gasteiger partial charge in [0.25, 0.3) is 0 Å². The normalized spacial score (nSPS) is 9.33. The van der Waals surface area contributed by atoms with E-state index in [2.05, 4.69) is 32.5 Å². The van der Waals surface area contributed by atoms with E-state index >= 15 is 0 Å². The van der Waals surface area contributed by atoms with Crippen molar-refractivity contribution >= 4 is 15.9 Å². The van der Waals surface area contributed by atoms with Gasteiger partial charge in [-0.15, -0.1) is 0 Å². The lowest BCUT2D eigenvalue weighted by atomic mass is 10.2. The van der Waals surface area contributed by atoms with Gasteiger partial charge in [0.1, 0.15) is 0 Å². The highest BCUT2D eigenvalue weighted by atomic mass is 79.9. The Labute approximate surface area is 95.6 Å². The van der Waals surface area contributed by atoms with Crippen molar-refractivity contribution < 1.29 is 13.5 Å². The van der Waals surface area contributed by atoms with Crippen LogP contribution in [0.2, 0.25) is 0 Å². The lowest BCUT2D eigenvalue weighted by Crippen LogP contribution is -1.93. The van der Waals surface area contributed by atoms with Crippen molar-refractivity contribution in [1.29, 1.82) is 0 Å². The molecule has 0 fully saturated rings. The van der Waals surface area contributed by atoms with Crippen LogP contribution in [0.1, 0.15) is 12.0 Å². The second-order valence-corrected chi connectivity index (χ2v) is 3.51. The lowest BCUT2D eigenvalue weighted by molar-refractivity contribution is 0.359. The van der Waals surface area contributed by atoms with Gasteiger partial charge in [-0.2, -0.15) is 0 Å². The minimum Gasteiger partial charge on any atom is -0.491 e. The third kappa shape index (κ3) is 3.21. The summed E-state index contributed by atoms with van der Waals surface area (Å²) in [6, 6.07) is 2.31. The summed E-state index contributed by atoms with van der Waals surface area (Å²) in [6.45, 7) is 0. The minimum atomic E-state index is -0.736. The molecule has 0 aliphatic carbocycles. The summed E-state index contributed by atoms with van der Waals surface area (Å²) in [4.78, 5) is 0. The zero-order valence-corrected chi connectivity index (χ0v) is 9.70. The van der Waals surface area contributed by atoms with E-state index in [1.165, 1.54) is 7.11 Å². The largest absolute Gasteiger partial charge is 0.491 e. The van der Waals surface area contributed by atoms with E-state index in [1.54, 1.807) is 0 Å². The van der Waals surface area contributed by atoms with Gasteiger partial charge in [-0.3, -0.25) is 0 Å². The molecule has 0 amide bonds. The standard InChI is InChI=1S/C11H9BrF2O/c1-15-11-9(13)6-8(7-10(11)14)4-2-3-5-12/h6-7H,3,5H2,1H3. The summed E-state index contributed by atoms with van der Waals surface area (Å²) in [7, 11) is 1.22. The predicted molar refractivity (Wildman–Crippen MR) is 58.2 cm³/mol. The Morgan fingerprint density at radius 3 is 2.40 bits per heavy atom. The van der Waals surface area contributed by atoms with Gasteiger partial charge in [0.15, 0.2) is 17.4 Å². The topological polar surface area (TPSA) is 9.23 Å². The van der Waals surface area contributed by atoms with Gasteiger partial charge in [0.05, 0.1) is 7.11 Å². The Morgan fingerprint density at radius 2 is 1.93 bits per heavy atom. The van der Waals surface area contributed by atoms with Crippen LogP contribution in [0.4, 0.5) is 8.78 Å². The van der Waals surface area contributed by atoms with Crippen molar-refractivity contribution in [1.82, 2.24) is 0 Å². The Balaban J connectivity index is 3.00. The Kier molecular flexibility index (Phi) is 4.57. The van der Waals surface area contributed by atoms with Crippen LogP contribution >= 0.6 is 15.9 Å². The fraction of sp³-hybridized carbons (Fsp3) is 0.273. The van der Waals surface area contributed by atoms with Crippen molar-refractivity contribution in [3.8, 4) is 17.6 Å². The molecule has 0 heterocycles. The van der Waals surface area contributed by atoms with Crippen LogP contribution in [0.25, 0.3) is 0 Å². The highest BCUT2D eigenvalue weighted by molar-refractivity contribution is 9.09. The summed E-state index contributed by atoms with van der Waals surface area (Å²) < 4.78 is 30.9. The minimum absolute atomic E-state index is 0.312. The van der Waals surface area contributed by atoms with Crippen LogP contribution in [-0.2, 0) is 0 Å². The van der Waals surface area contributed by atoms with E-state index in [1.807, 2.05) is 0 Å². The average Bonchev–Trinajstić information content (AvgIpc) is 2.18. The Hall–Kier alpha value is -1.08. The third-order valence-corrected chi connectivity index (χ3v) is 2.05. The quantitative estimate of drug-likeness (QED) is 0.595. The molecular weight excluding hydrogens is 266 g/mol. The van der Waals surface area contributed by atoms with E-state index in [4.69, 9.17) is 0 Å². The molecule has 0 atom stereocenters. The Morgan fingerprint density at radius 1 is 1.33 bits per heavy atom. The fourth-order valence-corrected chi connectivity index (χ4v) is 1.24. The molecule has 0 N–H and O–H groups in total. The predicted octanol–water partition coefficient (Wildman–Crippen LogP) is 3.11. The first kappa shape index (κ1) is 12.0.